The lowest BCUT2D eigenvalue weighted by Crippen LogP contribution is -1.94. The average molecular weight is 292 g/mol. The van der Waals surface area contributed by atoms with Crippen LogP contribution >= 0.6 is 22.7 Å². The normalized spacial score (nSPS) is 11.2. The van der Waals surface area contributed by atoms with Gasteiger partial charge < -0.3 is 10.5 Å². The molecule has 0 radical (unpaired) electrons. The van der Waals surface area contributed by atoms with Crippen LogP contribution in [0.2, 0.25) is 0 Å². The molecule has 7 heteroatoms. The van der Waals surface area contributed by atoms with Gasteiger partial charge in [-0.2, -0.15) is 0 Å². The van der Waals surface area contributed by atoms with Crippen LogP contribution in [0, 0.1) is 0 Å². The third kappa shape index (κ3) is 2.44. The first-order valence-electron chi connectivity index (χ1n) is 5.81. The molecule has 0 bridgehead atoms. The van der Waals surface area contributed by atoms with Crippen molar-refractivity contribution in [2.24, 2.45) is 0 Å². The molecule has 5 nitrogen and oxygen atoms in total. The number of aromatic nitrogens is 3. The minimum Gasteiger partial charge on any atom is -0.375 e. The smallest absolute Gasteiger partial charge is 0.180 e. The predicted octanol–water partition coefficient (Wildman–Crippen LogP) is 2.93. The van der Waals surface area contributed by atoms with Gasteiger partial charge in [0.1, 0.15) is 5.01 Å². The second-order valence-corrected chi connectivity index (χ2v) is 5.89. The number of nitrogens with two attached hydrogens (primary N) is 1. The summed E-state index contributed by atoms with van der Waals surface area (Å²) >= 11 is 3.04. The van der Waals surface area contributed by atoms with Crippen LogP contribution in [0.4, 0.5) is 5.13 Å². The topological polar surface area (TPSA) is 73.9 Å². The van der Waals surface area contributed by atoms with Crippen LogP contribution < -0.4 is 5.73 Å². The maximum atomic E-state index is 5.80. The minimum atomic E-state index is 0.466. The summed E-state index contributed by atoms with van der Waals surface area (Å²) in [5.41, 5.74) is 7.61. The number of anilines is 1. The molecule has 0 aromatic carbocycles. The fraction of sp³-hybridized carbons (Fsp3) is 0.250. The molecule has 0 aliphatic carbocycles. The summed E-state index contributed by atoms with van der Waals surface area (Å²) in [6.45, 7) is 3.08. The highest BCUT2D eigenvalue weighted by Crippen LogP contribution is 2.36. The van der Waals surface area contributed by atoms with Gasteiger partial charge >= 0.3 is 0 Å². The maximum Gasteiger partial charge on any atom is 0.180 e. The van der Waals surface area contributed by atoms with E-state index in [1.165, 1.54) is 11.3 Å². The number of fused-ring (bicyclic) bond motifs is 1. The van der Waals surface area contributed by atoms with E-state index in [1.807, 2.05) is 19.2 Å². The number of thiazole rings is 2. The van der Waals surface area contributed by atoms with Gasteiger partial charge in [-0.25, -0.2) is 9.97 Å². The molecule has 0 atom stereocenters. The van der Waals surface area contributed by atoms with Crippen LogP contribution in [-0.4, -0.2) is 21.6 Å². The van der Waals surface area contributed by atoms with E-state index in [2.05, 4.69) is 15.0 Å². The maximum absolute atomic E-state index is 5.80. The predicted molar refractivity (Wildman–Crippen MR) is 78.3 cm³/mol. The summed E-state index contributed by atoms with van der Waals surface area (Å²) in [7, 11) is 0. The van der Waals surface area contributed by atoms with Crippen molar-refractivity contribution >= 4 is 38.0 Å². The lowest BCUT2D eigenvalue weighted by Gasteiger charge is -1.99. The Morgan fingerprint density at radius 1 is 1.32 bits per heavy atom. The summed E-state index contributed by atoms with van der Waals surface area (Å²) in [4.78, 5) is 14.0. The van der Waals surface area contributed by atoms with Gasteiger partial charge in [-0.3, -0.25) is 4.98 Å². The molecule has 0 aliphatic heterocycles. The van der Waals surface area contributed by atoms with Gasteiger partial charge in [0, 0.05) is 19.0 Å². The Morgan fingerprint density at radius 2 is 2.21 bits per heavy atom. The average Bonchev–Trinajstić information content (AvgIpc) is 2.99. The Bertz CT molecular complexity index is 674. The lowest BCUT2D eigenvalue weighted by atomic mass is 10.4. The molecule has 0 unspecified atom stereocenters. The molecule has 19 heavy (non-hydrogen) atoms. The number of hydrogen-bond acceptors (Lipinski definition) is 7. The highest BCUT2D eigenvalue weighted by Gasteiger charge is 2.15. The lowest BCUT2D eigenvalue weighted by molar-refractivity contribution is 0.132. The second-order valence-electron chi connectivity index (χ2n) is 3.83. The fourth-order valence-electron chi connectivity index (χ4n) is 1.71. The third-order valence-electron chi connectivity index (χ3n) is 2.54. The Kier molecular flexibility index (Phi) is 3.41. The van der Waals surface area contributed by atoms with Gasteiger partial charge in [-0.05, 0) is 13.0 Å². The first-order chi connectivity index (χ1) is 9.28. The molecule has 2 N–H and O–H groups in total. The van der Waals surface area contributed by atoms with Crippen molar-refractivity contribution in [2.75, 3.05) is 12.3 Å². The van der Waals surface area contributed by atoms with Crippen LogP contribution in [-0.2, 0) is 11.3 Å². The van der Waals surface area contributed by atoms with E-state index in [-0.39, 0.29) is 0 Å². The Hall–Kier alpha value is -1.57. The van der Waals surface area contributed by atoms with Crippen molar-refractivity contribution in [2.45, 2.75) is 13.5 Å². The van der Waals surface area contributed by atoms with Crippen molar-refractivity contribution in [1.82, 2.24) is 15.0 Å². The molecule has 0 saturated heterocycles. The van der Waals surface area contributed by atoms with Gasteiger partial charge in [0.2, 0.25) is 0 Å². The summed E-state index contributed by atoms with van der Waals surface area (Å²) in [5, 5.41) is 1.47. The van der Waals surface area contributed by atoms with Crippen molar-refractivity contribution in [1.29, 1.82) is 0 Å². The van der Waals surface area contributed by atoms with E-state index >= 15 is 0 Å². The molecule has 0 spiro atoms. The highest BCUT2D eigenvalue weighted by atomic mass is 32.1. The first kappa shape index (κ1) is 12.5. The number of hydrogen-bond donors (Lipinski definition) is 1. The quantitative estimate of drug-likeness (QED) is 0.800. The fourth-order valence-corrected chi connectivity index (χ4v) is 3.58. The van der Waals surface area contributed by atoms with E-state index in [9.17, 15) is 0 Å². The second kappa shape index (κ2) is 5.20. The van der Waals surface area contributed by atoms with Crippen LogP contribution in [0.15, 0.2) is 18.5 Å². The largest absolute Gasteiger partial charge is 0.375 e. The summed E-state index contributed by atoms with van der Waals surface area (Å²) in [5.74, 6) is 0. The zero-order chi connectivity index (χ0) is 13.2. The van der Waals surface area contributed by atoms with Crippen molar-refractivity contribution in [3.05, 3.63) is 24.2 Å². The van der Waals surface area contributed by atoms with Crippen LogP contribution in [0.25, 0.3) is 20.1 Å². The zero-order valence-corrected chi connectivity index (χ0v) is 11.9. The first-order valence-corrected chi connectivity index (χ1v) is 7.45. The molecule has 0 amide bonds. The van der Waals surface area contributed by atoms with E-state index in [4.69, 9.17) is 10.5 Å². The summed E-state index contributed by atoms with van der Waals surface area (Å²) in [6.07, 6.45) is 3.57. The SMILES string of the molecule is CCOCc1nc(N)sc1-c1nc2ccncc2s1. The van der Waals surface area contributed by atoms with E-state index in [0.717, 1.165) is 25.8 Å². The van der Waals surface area contributed by atoms with Crippen molar-refractivity contribution in [3.63, 3.8) is 0 Å². The molecule has 3 heterocycles. The van der Waals surface area contributed by atoms with Gasteiger partial charge in [-0.15, -0.1) is 11.3 Å². The van der Waals surface area contributed by atoms with Gasteiger partial charge in [0.15, 0.2) is 5.13 Å². The molecule has 3 aromatic rings. The molecule has 3 aromatic heterocycles. The minimum absolute atomic E-state index is 0.466. The molecular formula is C12H12N4OS2. The monoisotopic (exact) mass is 292 g/mol. The molecule has 0 saturated carbocycles. The summed E-state index contributed by atoms with van der Waals surface area (Å²) in [6, 6.07) is 1.90. The number of nitrogen functional groups attached to an aromatic ring is 1. The molecular weight excluding hydrogens is 280 g/mol. The molecule has 0 aliphatic rings. The van der Waals surface area contributed by atoms with Gasteiger partial charge in [0.05, 0.1) is 27.4 Å². The Morgan fingerprint density at radius 3 is 3.00 bits per heavy atom. The number of nitrogens with zero attached hydrogens (tertiary/aromatic N) is 3. The number of rotatable bonds is 4. The number of pyridine rings is 1. The highest BCUT2D eigenvalue weighted by molar-refractivity contribution is 7.26. The van der Waals surface area contributed by atoms with Gasteiger partial charge in [-0.1, -0.05) is 11.3 Å². The van der Waals surface area contributed by atoms with E-state index < -0.39 is 0 Å². The Labute approximate surface area is 118 Å². The standard InChI is InChI=1S/C12H12N4OS2/c1-2-17-6-8-10(19-12(13)16-8)11-15-7-3-4-14-5-9(7)18-11/h3-5H,2,6H2,1H3,(H2,13,16). The molecule has 3 rings (SSSR count). The molecule has 98 valence electrons. The third-order valence-corrected chi connectivity index (χ3v) is 4.63. The van der Waals surface area contributed by atoms with Crippen LogP contribution in [0.5, 0.6) is 0 Å². The van der Waals surface area contributed by atoms with E-state index in [0.29, 0.717) is 18.3 Å². The van der Waals surface area contributed by atoms with Crippen LogP contribution in [0.1, 0.15) is 12.6 Å². The van der Waals surface area contributed by atoms with Crippen molar-refractivity contribution < 1.29 is 4.74 Å². The Balaban J connectivity index is 2.05. The van der Waals surface area contributed by atoms with Crippen molar-refractivity contribution in [3.8, 4) is 9.88 Å². The number of ether oxygens (including phenoxy) is 1. The molecule has 0 fully saturated rings. The summed E-state index contributed by atoms with van der Waals surface area (Å²) < 4.78 is 6.48. The van der Waals surface area contributed by atoms with E-state index in [1.54, 1.807) is 17.5 Å². The van der Waals surface area contributed by atoms with Crippen LogP contribution in [0.3, 0.4) is 0 Å². The van der Waals surface area contributed by atoms with Gasteiger partial charge in [0.25, 0.3) is 0 Å². The zero-order valence-electron chi connectivity index (χ0n) is 10.3.